The number of halogens is 1. The van der Waals surface area contributed by atoms with Crippen molar-refractivity contribution in [2.75, 3.05) is 11.9 Å². The van der Waals surface area contributed by atoms with Crippen molar-refractivity contribution in [3.8, 4) is 5.75 Å². The smallest absolute Gasteiger partial charge is 0.224 e. The first-order valence-electron chi connectivity index (χ1n) is 9.45. The number of rotatable bonds is 11. The predicted molar refractivity (Wildman–Crippen MR) is 109 cm³/mol. The predicted octanol–water partition coefficient (Wildman–Crippen LogP) is 6.26. The van der Waals surface area contributed by atoms with E-state index in [9.17, 15) is 4.79 Å². The molecule has 0 saturated heterocycles. The van der Waals surface area contributed by atoms with Gasteiger partial charge in [-0.05, 0) is 36.6 Å². The van der Waals surface area contributed by atoms with Crippen molar-refractivity contribution in [2.45, 2.75) is 51.9 Å². The fourth-order valence-corrected chi connectivity index (χ4v) is 2.96. The normalized spacial score (nSPS) is 10.5. The summed E-state index contributed by atoms with van der Waals surface area (Å²) in [5.41, 5.74) is 1.75. The summed E-state index contributed by atoms with van der Waals surface area (Å²) in [6.07, 6.45) is 7.09. The summed E-state index contributed by atoms with van der Waals surface area (Å²) in [6.45, 7) is 2.93. The Hall–Kier alpha value is -2.00. The van der Waals surface area contributed by atoms with Crippen molar-refractivity contribution >= 4 is 23.2 Å². The van der Waals surface area contributed by atoms with Crippen LogP contribution >= 0.6 is 11.6 Å². The zero-order valence-corrected chi connectivity index (χ0v) is 16.2. The van der Waals surface area contributed by atoms with Crippen molar-refractivity contribution in [3.63, 3.8) is 0 Å². The van der Waals surface area contributed by atoms with Crippen LogP contribution in [0.25, 0.3) is 0 Å². The molecule has 0 aliphatic rings. The Morgan fingerprint density at radius 1 is 1.04 bits per heavy atom. The van der Waals surface area contributed by atoms with E-state index in [1.807, 2.05) is 48.5 Å². The van der Waals surface area contributed by atoms with Crippen LogP contribution in [-0.2, 0) is 11.2 Å². The number of aryl methyl sites for hydroxylation is 1. The number of anilines is 1. The maximum absolute atomic E-state index is 12.2. The molecule has 140 valence electrons. The molecular formula is C22H28ClNO2. The SMILES string of the molecule is CCCCCCCOc1cccc(NC(=O)CCc2ccccc2Cl)c1. The van der Waals surface area contributed by atoms with Crippen LogP contribution in [0.15, 0.2) is 48.5 Å². The molecule has 0 saturated carbocycles. The number of unbranched alkanes of at least 4 members (excludes halogenated alkanes) is 4. The lowest BCUT2D eigenvalue weighted by molar-refractivity contribution is -0.116. The van der Waals surface area contributed by atoms with Gasteiger partial charge in [-0.1, -0.05) is 68.5 Å². The fraction of sp³-hybridized carbons (Fsp3) is 0.409. The molecule has 0 spiro atoms. The van der Waals surface area contributed by atoms with E-state index in [0.29, 0.717) is 24.5 Å². The number of amides is 1. The van der Waals surface area contributed by atoms with Crippen LogP contribution in [0, 0.1) is 0 Å². The van der Waals surface area contributed by atoms with Crippen LogP contribution in [0.2, 0.25) is 5.02 Å². The zero-order valence-electron chi connectivity index (χ0n) is 15.5. The second kappa shape index (κ2) is 11.6. The first kappa shape index (κ1) is 20.3. The van der Waals surface area contributed by atoms with Crippen LogP contribution in [0.4, 0.5) is 5.69 Å². The monoisotopic (exact) mass is 373 g/mol. The van der Waals surface area contributed by atoms with E-state index in [0.717, 1.165) is 23.4 Å². The molecule has 0 aliphatic heterocycles. The van der Waals surface area contributed by atoms with Gasteiger partial charge in [0.15, 0.2) is 0 Å². The topological polar surface area (TPSA) is 38.3 Å². The van der Waals surface area contributed by atoms with Crippen LogP contribution in [-0.4, -0.2) is 12.5 Å². The van der Waals surface area contributed by atoms with E-state index in [1.165, 1.54) is 25.7 Å². The van der Waals surface area contributed by atoms with Crippen LogP contribution in [0.3, 0.4) is 0 Å². The summed E-state index contributed by atoms with van der Waals surface area (Å²) >= 11 is 6.13. The lowest BCUT2D eigenvalue weighted by Crippen LogP contribution is -2.12. The molecule has 0 atom stereocenters. The highest BCUT2D eigenvalue weighted by atomic mass is 35.5. The van der Waals surface area contributed by atoms with Gasteiger partial charge in [-0.25, -0.2) is 0 Å². The zero-order chi connectivity index (χ0) is 18.6. The minimum Gasteiger partial charge on any atom is -0.494 e. The Bertz CT molecular complexity index is 687. The second-order valence-corrected chi connectivity index (χ2v) is 6.84. The Morgan fingerprint density at radius 2 is 1.85 bits per heavy atom. The van der Waals surface area contributed by atoms with Crippen molar-refractivity contribution < 1.29 is 9.53 Å². The number of carbonyl (C=O) groups excluding carboxylic acids is 1. The summed E-state index contributed by atoms with van der Waals surface area (Å²) in [6, 6.07) is 15.2. The van der Waals surface area contributed by atoms with E-state index in [2.05, 4.69) is 12.2 Å². The lowest BCUT2D eigenvalue weighted by Gasteiger charge is -2.10. The maximum Gasteiger partial charge on any atom is 0.224 e. The average molecular weight is 374 g/mol. The van der Waals surface area contributed by atoms with Gasteiger partial charge in [0.25, 0.3) is 0 Å². The second-order valence-electron chi connectivity index (χ2n) is 6.43. The Morgan fingerprint density at radius 3 is 2.65 bits per heavy atom. The van der Waals surface area contributed by atoms with Gasteiger partial charge in [-0.3, -0.25) is 4.79 Å². The van der Waals surface area contributed by atoms with Crippen molar-refractivity contribution in [1.29, 1.82) is 0 Å². The first-order chi connectivity index (χ1) is 12.7. The van der Waals surface area contributed by atoms with E-state index in [1.54, 1.807) is 0 Å². The van der Waals surface area contributed by atoms with Gasteiger partial charge in [-0.2, -0.15) is 0 Å². The standard InChI is InChI=1S/C22H28ClNO2/c1-2-3-4-5-8-16-26-20-12-9-11-19(17-20)24-22(25)15-14-18-10-6-7-13-21(18)23/h6-7,9-13,17H,2-5,8,14-16H2,1H3,(H,24,25). The summed E-state index contributed by atoms with van der Waals surface area (Å²) in [5.74, 6) is 0.769. The van der Waals surface area contributed by atoms with E-state index >= 15 is 0 Å². The molecule has 0 radical (unpaired) electrons. The number of hydrogen-bond acceptors (Lipinski definition) is 2. The van der Waals surface area contributed by atoms with Gasteiger partial charge in [0, 0.05) is 23.2 Å². The molecule has 0 fully saturated rings. The van der Waals surface area contributed by atoms with E-state index in [4.69, 9.17) is 16.3 Å². The largest absolute Gasteiger partial charge is 0.494 e. The minimum atomic E-state index is -0.0263. The Kier molecular flexibility index (Phi) is 9.05. The summed E-state index contributed by atoms with van der Waals surface area (Å²) in [4.78, 5) is 12.2. The summed E-state index contributed by atoms with van der Waals surface area (Å²) < 4.78 is 5.78. The molecule has 2 aromatic rings. The fourth-order valence-electron chi connectivity index (χ4n) is 2.73. The maximum atomic E-state index is 12.2. The van der Waals surface area contributed by atoms with Gasteiger partial charge in [-0.15, -0.1) is 0 Å². The minimum absolute atomic E-state index is 0.0263. The molecular weight excluding hydrogens is 346 g/mol. The third-order valence-electron chi connectivity index (χ3n) is 4.21. The van der Waals surface area contributed by atoms with Gasteiger partial charge in [0.1, 0.15) is 5.75 Å². The quantitative estimate of drug-likeness (QED) is 0.472. The summed E-state index contributed by atoms with van der Waals surface area (Å²) in [5, 5.41) is 3.63. The third kappa shape index (κ3) is 7.49. The molecule has 3 nitrogen and oxygen atoms in total. The molecule has 0 unspecified atom stereocenters. The van der Waals surface area contributed by atoms with Crippen LogP contribution in [0.5, 0.6) is 5.75 Å². The molecule has 26 heavy (non-hydrogen) atoms. The van der Waals surface area contributed by atoms with Crippen molar-refractivity contribution in [2.24, 2.45) is 0 Å². The van der Waals surface area contributed by atoms with E-state index < -0.39 is 0 Å². The molecule has 0 aliphatic carbocycles. The number of benzene rings is 2. The lowest BCUT2D eigenvalue weighted by atomic mass is 10.1. The van der Waals surface area contributed by atoms with Gasteiger partial charge < -0.3 is 10.1 Å². The molecule has 4 heteroatoms. The van der Waals surface area contributed by atoms with Crippen molar-refractivity contribution in [3.05, 3.63) is 59.1 Å². The summed E-state index contributed by atoms with van der Waals surface area (Å²) in [7, 11) is 0. The van der Waals surface area contributed by atoms with Gasteiger partial charge in [0.2, 0.25) is 5.91 Å². The molecule has 2 aromatic carbocycles. The highest BCUT2D eigenvalue weighted by Gasteiger charge is 2.06. The number of hydrogen-bond donors (Lipinski definition) is 1. The van der Waals surface area contributed by atoms with Crippen LogP contribution < -0.4 is 10.1 Å². The molecule has 0 heterocycles. The van der Waals surface area contributed by atoms with Gasteiger partial charge >= 0.3 is 0 Å². The van der Waals surface area contributed by atoms with E-state index in [-0.39, 0.29) is 5.91 Å². The molecule has 0 aromatic heterocycles. The Labute approximate surface area is 161 Å². The average Bonchev–Trinajstić information content (AvgIpc) is 2.64. The van der Waals surface area contributed by atoms with Gasteiger partial charge in [0.05, 0.1) is 6.61 Å². The number of ether oxygens (including phenoxy) is 1. The Balaban J connectivity index is 1.75. The molecule has 0 bridgehead atoms. The van der Waals surface area contributed by atoms with Crippen molar-refractivity contribution in [1.82, 2.24) is 0 Å². The first-order valence-corrected chi connectivity index (χ1v) is 9.83. The third-order valence-corrected chi connectivity index (χ3v) is 4.58. The molecule has 2 rings (SSSR count). The van der Waals surface area contributed by atoms with Crippen LogP contribution in [0.1, 0.15) is 51.0 Å². The number of nitrogens with one attached hydrogen (secondary N) is 1. The highest BCUT2D eigenvalue weighted by molar-refractivity contribution is 6.31. The highest BCUT2D eigenvalue weighted by Crippen LogP contribution is 2.19. The molecule has 1 amide bonds. The molecule has 1 N–H and O–H groups in total. The number of carbonyl (C=O) groups is 1.